The Bertz CT molecular complexity index is 6.00. The van der Waals surface area contributed by atoms with E-state index in [9.17, 15) is 0 Å². The van der Waals surface area contributed by atoms with Gasteiger partial charge in [0.05, 0.1) is 0 Å². The van der Waals surface area contributed by atoms with Crippen LogP contribution in [0.15, 0.2) is 0 Å². The molecule has 0 unspecified atom stereocenters. The maximum absolute atomic E-state index is 0. The van der Waals surface area contributed by atoms with Crippen LogP contribution in [-0.4, -0.2) is 22.8 Å². The van der Waals surface area contributed by atoms with Crippen LogP contribution >= 0.6 is 0 Å². The molecule has 0 saturated carbocycles. The van der Waals surface area contributed by atoms with Crippen molar-refractivity contribution in [3.63, 3.8) is 0 Å². The van der Waals surface area contributed by atoms with Gasteiger partial charge in [-0.1, -0.05) is 0 Å². The van der Waals surface area contributed by atoms with Gasteiger partial charge in [0.25, 0.3) is 0 Å². The van der Waals surface area contributed by atoms with E-state index in [2.05, 4.69) is 0 Å². The van der Waals surface area contributed by atoms with Crippen LogP contribution < -0.4 is 0 Å². The molecule has 4 heavy (non-hydrogen) atoms. The molecule has 0 bridgehead atoms. The van der Waals surface area contributed by atoms with E-state index in [1.807, 2.05) is 0 Å². The molecular formula is H2AlO2Ti+5. The Kier molecular flexibility index (Phi) is 506. The Hall–Kier alpha value is 1.17. The van der Waals surface area contributed by atoms with Gasteiger partial charge in [-0.3, -0.25) is 0 Å². The first-order valence-electron chi connectivity index (χ1n) is 0. The topological polar surface area (TPSA) is 60.0 Å². The molecule has 2 nitrogen and oxygen atoms in total. The molecule has 16 valence electrons. The van der Waals surface area contributed by atoms with Gasteiger partial charge in [-0.25, -0.2) is 0 Å². The average molecular weight is 109 g/mol. The normalized spacial score (nSPS) is 0. The first kappa shape index (κ1) is 65.9. The summed E-state index contributed by atoms with van der Waals surface area (Å²) in [6.45, 7) is 0. The summed E-state index contributed by atoms with van der Waals surface area (Å²) < 4.78 is 0. The van der Waals surface area contributed by atoms with Crippen molar-refractivity contribution in [3.8, 4) is 0 Å². The fourth-order valence-corrected chi connectivity index (χ4v) is 0. The molecule has 0 aliphatic heterocycles. The second-order valence-electron chi connectivity index (χ2n) is 0. The minimum absolute atomic E-state index is 0. The molecule has 0 fully saturated rings. The van der Waals surface area contributed by atoms with Gasteiger partial charge in [-0.05, 0) is 0 Å². The molecule has 0 radical (unpaired) electrons. The van der Waals surface area contributed by atoms with Gasteiger partial charge in [-0.2, -0.15) is 0 Å². The van der Waals surface area contributed by atoms with E-state index >= 15 is 0 Å². The Morgan fingerprint density at radius 3 is 1.00 bits per heavy atom. The van der Waals surface area contributed by atoms with E-state index in [1.165, 1.54) is 0 Å². The van der Waals surface area contributed by atoms with Gasteiger partial charge in [0.1, 0.15) is 0 Å². The molecule has 0 aliphatic rings. The largest absolute Gasteiger partial charge is 4.00 e. The maximum Gasteiger partial charge on any atom is 4.00 e. The fraction of sp³-hybridized carbons (Fsp3) is 0. The predicted molar refractivity (Wildman–Crippen MR) is 10.1 cm³/mol. The molecule has 0 aromatic carbocycles. The van der Waals surface area contributed by atoms with Crippen LogP contribution in [0.3, 0.4) is 0 Å². The monoisotopic (exact) mass is 109 g/mol. The standard InChI is InChI=1S/Al.H2O.O.Ti/h;1H2;;/q+3;;-2;+4. The summed E-state index contributed by atoms with van der Waals surface area (Å²) in [6.07, 6.45) is 0. The van der Waals surface area contributed by atoms with Crippen LogP contribution in [0.1, 0.15) is 0 Å². The van der Waals surface area contributed by atoms with E-state index in [-0.39, 0.29) is 50.0 Å². The summed E-state index contributed by atoms with van der Waals surface area (Å²) in [7, 11) is 0. The Morgan fingerprint density at radius 1 is 1.00 bits per heavy atom. The third kappa shape index (κ3) is 10.9. The summed E-state index contributed by atoms with van der Waals surface area (Å²) >= 11 is 0. The van der Waals surface area contributed by atoms with Crippen molar-refractivity contribution in [2.24, 2.45) is 0 Å². The van der Waals surface area contributed by atoms with Gasteiger partial charge >= 0.3 is 39.1 Å². The van der Waals surface area contributed by atoms with Crippen molar-refractivity contribution in [3.05, 3.63) is 0 Å². The van der Waals surface area contributed by atoms with Gasteiger partial charge in [0.15, 0.2) is 0 Å². The van der Waals surface area contributed by atoms with Crippen LogP contribution in [0.25, 0.3) is 0 Å². The Balaban J connectivity index is 0. The second kappa shape index (κ2) is 30.7. The second-order valence-corrected chi connectivity index (χ2v) is 0. The minimum Gasteiger partial charge on any atom is -2.00 e. The van der Waals surface area contributed by atoms with E-state index < -0.39 is 0 Å². The molecule has 0 atom stereocenters. The van der Waals surface area contributed by atoms with Crippen LogP contribution in [0.5, 0.6) is 0 Å². The van der Waals surface area contributed by atoms with E-state index in [0.717, 1.165) is 0 Å². The fourth-order valence-electron chi connectivity index (χ4n) is 0. The SMILES string of the molecule is O.[Al+3].[O-2].[Ti+4]. The summed E-state index contributed by atoms with van der Waals surface area (Å²) in [5.74, 6) is 0. The van der Waals surface area contributed by atoms with Crippen LogP contribution in [-0.2, 0) is 27.2 Å². The van der Waals surface area contributed by atoms with Crippen molar-refractivity contribution in [2.75, 3.05) is 0 Å². The van der Waals surface area contributed by atoms with E-state index in [4.69, 9.17) is 0 Å². The van der Waals surface area contributed by atoms with Gasteiger partial charge < -0.3 is 11.0 Å². The van der Waals surface area contributed by atoms with Crippen molar-refractivity contribution in [2.45, 2.75) is 0 Å². The quantitative estimate of drug-likeness (QED) is 0.346. The summed E-state index contributed by atoms with van der Waals surface area (Å²) in [5, 5.41) is 0. The minimum atomic E-state index is 0. The first-order chi connectivity index (χ1) is 0. The molecule has 0 aliphatic carbocycles. The van der Waals surface area contributed by atoms with Crippen molar-refractivity contribution in [1.82, 2.24) is 0 Å². The van der Waals surface area contributed by atoms with Crippen molar-refractivity contribution < 1.29 is 32.7 Å². The molecular weight excluding hydrogens is 107 g/mol. The zero-order valence-corrected chi connectivity index (χ0v) is 4.70. The van der Waals surface area contributed by atoms with Crippen LogP contribution in [0.2, 0.25) is 0 Å². The molecule has 0 amide bonds. The molecule has 4 heteroatoms. The van der Waals surface area contributed by atoms with Gasteiger partial charge in [-0.15, -0.1) is 0 Å². The third-order valence-electron chi connectivity index (χ3n) is 0. The Morgan fingerprint density at radius 2 is 1.00 bits per heavy atom. The summed E-state index contributed by atoms with van der Waals surface area (Å²) in [5.41, 5.74) is 0. The van der Waals surface area contributed by atoms with E-state index in [0.29, 0.717) is 0 Å². The predicted octanol–water partition coefficient (Wildman–Crippen LogP) is -1.33. The molecule has 0 spiro atoms. The molecule has 0 heterocycles. The summed E-state index contributed by atoms with van der Waals surface area (Å²) in [4.78, 5) is 0. The maximum atomic E-state index is 0. The zero-order valence-electron chi connectivity index (χ0n) is 1.99. The van der Waals surface area contributed by atoms with Gasteiger partial charge in [0.2, 0.25) is 0 Å². The van der Waals surface area contributed by atoms with Crippen molar-refractivity contribution >= 4 is 17.4 Å². The Labute approximate surface area is 50.2 Å². The van der Waals surface area contributed by atoms with Gasteiger partial charge in [0, 0.05) is 0 Å². The molecule has 0 rings (SSSR count). The van der Waals surface area contributed by atoms with Crippen LogP contribution in [0, 0.1) is 0 Å². The average Bonchev–Trinajstić information content (AvgIpc) is 0. The van der Waals surface area contributed by atoms with Crippen molar-refractivity contribution in [1.29, 1.82) is 0 Å². The molecule has 0 saturated heterocycles. The van der Waals surface area contributed by atoms with Crippen LogP contribution in [0.4, 0.5) is 0 Å². The third-order valence-corrected chi connectivity index (χ3v) is 0. The number of rotatable bonds is 0. The smallest absolute Gasteiger partial charge is 2.00 e. The molecule has 2 N–H and O–H groups in total. The summed E-state index contributed by atoms with van der Waals surface area (Å²) in [6, 6.07) is 0. The molecule has 0 aromatic heterocycles. The molecule has 0 aromatic rings. The van der Waals surface area contributed by atoms with E-state index in [1.54, 1.807) is 0 Å². The number of hydrogen-bond acceptors (Lipinski definition) is 0. The number of hydrogen-bond donors (Lipinski definition) is 0. The zero-order chi connectivity index (χ0) is 0. The first-order valence-corrected chi connectivity index (χ1v) is 0.